The van der Waals surface area contributed by atoms with Crippen LogP contribution in [0.15, 0.2) is 53.6 Å². The molecule has 1 amide bonds. The highest BCUT2D eigenvalue weighted by atomic mass is 32.2. The second-order valence-corrected chi connectivity index (χ2v) is 6.61. The summed E-state index contributed by atoms with van der Waals surface area (Å²) in [6.07, 6.45) is 0. The van der Waals surface area contributed by atoms with Gasteiger partial charge in [-0.05, 0) is 25.5 Å². The lowest BCUT2D eigenvalue weighted by Crippen LogP contribution is -2.24. The van der Waals surface area contributed by atoms with E-state index in [9.17, 15) is 4.79 Å². The normalized spacial score (nSPS) is 10.8. The Balaban J connectivity index is 1.61. The van der Waals surface area contributed by atoms with Crippen LogP contribution in [0.4, 0.5) is 0 Å². The fourth-order valence-corrected chi connectivity index (χ4v) is 3.25. The number of hydrogen-bond donors (Lipinski definition) is 1. The summed E-state index contributed by atoms with van der Waals surface area (Å²) < 4.78 is 0. The van der Waals surface area contributed by atoms with Gasteiger partial charge in [0.15, 0.2) is 0 Å². The van der Waals surface area contributed by atoms with Crippen molar-refractivity contribution in [3.8, 4) is 0 Å². The third kappa shape index (κ3) is 4.11. The van der Waals surface area contributed by atoms with Crippen molar-refractivity contribution in [1.82, 2.24) is 15.3 Å². The lowest BCUT2D eigenvalue weighted by atomic mass is 10.1. The number of thioether (sulfide) groups is 1. The van der Waals surface area contributed by atoms with E-state index < -0.39 is 0 Å². The lowest BCUT2D eigenvalue weighted by molar-refractivity contribution is -0.118. The van der Waals surface area contributed by atoms with Crippen LogP contribution in [-0.2, 0) is 11.3 Å². The van der Waals surface area contributed by atoms with Gasteiger partial charge in [-0.15, -0.1) is 0 Å². The van der Waals surface area contributed by atoms with Crippen LogP contribution in [-0.4, -0.2) is 21.6 Å². The Bertz CT molecular complexity index is 862. The molecular weight excluding hydrogens is 318 g/mol. The van der Waals surface area contributed by atoms with Gasteiger partial charge in [-0.2, -0.15) is 0 Å². The summed E-state index contributed by atoms with van der Waals surface area (Å²) in [7, 11) is 0. The standard InChI is InChI=1S/C19H19N3OS/c1-13-7-9-15(10-8-13)11-20-18(23)12-24-19-16-5-3-4-6-17(16)21-14(2)22-19/h3-10H,11-12H2,1-2H3,(H,20,23). The lowest BCUT2D eigenvalue weighted by Gasteiger charge is -2.08. The van der Waals surface area contributed by atoms with Gasteiger partial charge in [0, 0.05) is 11.9 Å². The van der Waals surface area contributed by atoms with E-state index >= 15 is 0 Å². The van der Waals surface area contributed by atoms with Crippen LogP contribution in [0.2, 0.25) is 0 Å². The smallest absolute Gasteiger partial charge is 0.230 e. The monoisotopic (exact) mass is 337 g/mol. The summed E-state index contributed by atoms with van der Waals surface area (Å²) in [6, 6.07) is 16.0. The quantitative estimate of drug-likeness (QED) is 0.570. The molecule has 0 aliphatic heterocycles. The molecule has 3 rings (SSSR count). The number of fused-ring (bicyclic) bond motifs is 1. The molecule has 0 bridgehead atoms. The van der Waals surface area contributed by atoms with Crippen molar-refractivity contribution in [3.05, 3.63) is 65.5 Å². The molecule has 1 heterocycles. The SMILES string of the molecule is Cc1ccc(CNC(=O)CSc2nc(C)nc3ccccc23)cc1. The molecule has 0 saturated heterocycles. The van der Waals surface area contributed by atoms with E-state index in [1.54, 1.807) is 0 Å². The molecule has 4 nitrogen and oxygen atoms in total. The molecule has 0 spiro atoms. The Hall–Kier alpha value is -2.40. The number of para-hydroxylation sites is 1. The summed E-state index contributed by atoms with van der Waals surface area (Å²) in [5.41, 5.74) is 3.22. The third-order valence-corrected chi connectivity index (χ3v) is 4.62. The molecule has 0 aliphatic carbocycles. The third-order valence-electron chi connectivity index (χ3n) is 3.63. The molecule has 3 aromatic rings. The van der Waals surface area contributed by atoms with E-state index in [2.05, 4.69) is 15.3 Å². The molecule has 24 heavy (non-hydrogen) atoms. The molecule has 5 heteroatoms. The van der Waals surface area contributed by atoms with Gasteiger partial charge < -0.3 is 5.32 Å². The predicted octanol–water partition coefficient (Wildman–Crippen LogP) is 3.66. The van der Waals surface area contributed by atoms with Crippen LogP contribution < -0.4 is 5.32 Å². The minimum Gasteiger partial charge on any atom is -0.351 e. The highest BCUT2D eigenvalue weighted by Gasteiger charge is 2.09. The molecule has 0 fully saturated rings. The molecule has 1 aromatic heterocycles. The van der Waals surface area contributed by atoms with E-state index in [1.807, 2.05) is 62.4 Å². The van der Waals surface area contributed by atoms with Crippen LogP contribution in [0, 0.1) is 13.8 Å². The van der Waals surface area contributed by atoms with Gasteiger partial charge in [-0.25, -0.2) is 9.97 Å². The van der Waals surface area contributed by atoms with Crippen LogP contribution in [0.5, 0.6) is 0 Å². The number of aromatic nitrogens is 2. The van der Waals surface area contributed by atoms with Crippen molar-refractivity contribution in [2.45, 2.75) is 25.4 Å². The number of benzene rings is 2. The maximum absolute atomic E-state index is 12.1. The van der Waals surface area contributed by atoms with Gasteiger partial charge in [0.2, 0.25) is 5.91 Å². The average Bonchev–Trinajstić information content (AvgIpc) is 2.59. The zero-order valence-electron chi connectivity index (χ0n) is 13.7. The second kappa shape index (κ2) is 7.45. The first-order valence-electron chi connectivity index (χ1n) is 7.80. The van der Waals surface area contributed by atoms with Gasteiger partial charge in [0.1, 0.15) is 10.9 Å². The Morgan fingerprint density at radius 3 is 2.58 bits per heavy atom. The number of carbonyl (C=O) groups is 1. The molecule has 1 N–H and O–H groups in total. The van der Waals surface area contributed by atoms with Crippen LogP contribution >= 0.6 is 11.8 Å². The Labute approximate surface area is 145 Å². The van der Waals surface area contributed by atoms with Crippen molar-refractivity contribution in [1.29, 1.82) is 0 Å². The van der Waals surface area contributed by atoms with Gasteiger partial charge in [0.05, 0.1) is 11.3 Å². The molecule has 2 aromatic carbocycles. The van der Waals surface area contributed by atoms with Gasteiger partial charge in [0.25, 0.3) is 0 Å². The Kier molecular flexibility index (Phi) is 5.11. The number of aryl methyl sites for hydroxylation is 2. The van der Waals surface area contributed by atoms with Crippen LogP contribution in [0.1, 0.15) is 17.0 Å². The fourth-order valence-electron chi connectivity index (χ4n) is 2.36. The van der Waals surface area contributed by atoms with E-state index in [4.69, 9.17) is 0 Å². The van der Waals surface area contributed by atoms with Crippen molar-refractivity contribution in [2.24, 2.45) is 0 Å². The van der Waals surface area contributed by atoms with Crippen molar-refractivity contribution in [2.75, 3.05) is 5.75 Å². The molecule has 122 valence electrons. The highest BCUT2D eigenvalue weighted by molar-refractivity contribution is 8.00. The van der Waals surface area contributed by atoms with Crippen LogP contribution in [0.25, 0.3) is 10.9 Å². The first-order chi connectivity index (χ1) is 11.6. The summed E-state index contributed by atoms with van der Waals surface area (Å²) in [4.78, 5) is 21.0. The van der Waals surface area contributed by atoms with Gasteiger partial charge in [-0.1, -0.05) is 59.8 Å². The number of hydrogen-bond acceptors (Lipinski definition) is 4. The van der Waals surface area contributed by atoms with E-state index in [0.717, 1.165) is 27.3 Å². The summed E-state index contributed by atoms with van der Waals surface area (Å²) in [5.74, 6) is 1.06. The molecule has 0 saturated carbocycles. The first kappa shape index (κ1) is 16.5. The van der Waals surface area contributed by atoms with Gasteiger partial charge >= 0.3 is 0 Å². The molecule has 0 unspecified atom stereocenters. The zero-order chi connectivity index (χ0) is 16.9. The van der Waals surface area contributed by atoms with Crippen molar-refractivity contribution >= 4 is 28.6 Å². The number of nitrogens with zero attached hydrogens (tertiary/aromatic N) is 2. The van der Waals surface area contributed by atoms with Gasteiger partial charge in [-0.3, -0.25) is 4.79 Å². The maximum Gasteiger partial charge on any atom is 0.230 e. The molecule has 0 atom stereocenters. The summed E-state index contributed by atoms with van der Waals surface area (Å²) >= 11 is 1.45. The largest absolute Gasteiger partial charge is 0.351 e. The van der Waals surface area contributed by atoms with E-state index in [-0.39, 0.29) is 5.91 Å². The molecule has 0 radical (unpaired) electrons. The summed E-state index contributed by atoms with van der Waals surface area (Å²) in [5, 5.41) is 4.78. The topological polar surface area (TPSA) is 54.9 Å². The highest BCUT2D eigenvalue weighted by Crippen LogP contribution is 2.24. The predicted molar refractivity (Wildman–Crippen MR) is 98.0 cm³/mol. The minimum atomic E-state index is 0.000853. The van der Waals surface area contributed by atoms with E-state index in [1.165, 1.54) is 17.3 Å². The zero-order valence-corrected chi connectivity index (χ0v) is 14.6. The van der Waals surface area contributed by atoms with Crippen molar-refractivity contribution < 1.29 is 4.79 Å². The Morgan fingerprint density at radius 1 is 1.04 bits per heavy atom. The second-order valence-electron chi connectivity index (χ2n) is 5.64. The first-order valence-corrected chi connectivity index (χ1v) is 8.79. The van der Waals surface area contributed by atoms with Crippen molar-refractivity contribution in [3.63, 3.8) is 0 Å². The number of amides is 1. The number of nitrogens with one attached hydrogen (secondary N) is 1. The number of rotatable bonds is 5. The average molecular weight is 337 g/mol. The van der Waals surface area contributed by atoms with Crippen LogP contribution in [0.3, 0.4) is 0 Å². The summed E-state index contributed by atoms with van der Waals surface area (Å²) in [6.45, 7) is 4.46. The molecular formula is C19H19N3OS. The maximum atomic E-state index is 12.1. The number of carbonyl (C=O) groups excluding carboxylic acids is 1. The fraction of sp³-hybridized carbons (Fsp3) is 0.211. The Morgan fingerprint density at radius 2 is 1.79 bits per heavy atom. The minimum absolute atomic E-state index is 0.000853. The molecule has 0 aliphatic rings. The van der Waals surface area contributed by atoms with E-state index in [0.29, 0.717) is 12.3 Å².